The van der Waals surface area contributed by atoms with E-state index in [0.717, 1.165) is 27.1 Å². The highest BCUT2D eigenvalue weighted by Crippen LogP contribution is 2.36. The maximum Gasteiger partial charge on any atom is 0.277 e. The van der Waals surface area contributed by atoms with Gasteiger partial charge < -0.3 is 0 Å². The second-order valence-corrected chi connectivity index (χ2v) is 9.41. The van der Waals surface area contributed by atoms with Gasteiger partial charge in [-0.05, 0) is 23.6 Å². The molecule has 0 radical (unpaired) electrons. The Bertz CT molecular complexity index is 1620. The summed E-state index contributed by atoms with van der Waals surface area (Å²) in [5.74, 6) is -1.79. The van der Waals surface area contributed by atoms with Crippen LogP contribution in [0.2, 0.25) is 0 Å². The van der Waals surface area contributed by atoms with Crippen molar-refractivity contribution in [3.63, 3.8) is 0 Å². The summed E-state index contributed by atoms with van der Waals surface area (Å²) in [6, 6.07) is 31.0. The zero-order chi connectivity index (χ0) is 25.1. The molecule has 1 N–H and O–H groups in total. The zero-order valence-electron chi connectivity index (χ0n) is 19.4. The Morgan fingerprint density at radius 2 is 1.53 bits per heavy atom. The molecule has 3 aromatic carbocycles. The largest absolute Gasteiger partial charge is 0.288 e. The average molecular weight is 488 g/mol. The minimum absolute atomic E-state index is 0.331. The molecular formula is C29H21N5OS. The SMILES string of the molecule is Cc1ccc(-c2cnc(-n3[nH]c(-c4ccccc4)c([C@@H](c4ccccc4)C(C#N)C#N)c3=O)s2)cc1. The van der Waals surface area contributed by atoms with Crippen LogP contribution in [0.3, 0.4) is 0 Å². The highest BCUT2D eigenvalue weighted by molar-refractivity contribution is 7.17. The van der Waals surface area contributed by atoms with Crippen molar-refractivity contribution in [3.8, 4) is 39.0 Å². The number of nitrogens with one attached hydrogen (secondary N) is 1. The van der Waals surface area contributed by atoms with Gasteiger partial charge in [0.25, 0.3) is 5.56 Å². The van der Waals surface area contributed by atoms with E-state index in [2.05, 4.69) is 22.2 Å². The molecule has 0 spiro atoms. The molecule has 7 heteroatoms. The second-order valence-electron chi connectivity index (χ2n) is 8.40. The van der Waals surface area contributed by atoms with Crippen LogP contribution in [-0.2, 0) is 0 Å². The molecule has 0 unspecified atom stereocenters. The van der Waals surface area contributed by atoms with E-state index in [1.165, 1.54) is 16.0 Å². The standard InChI is InChI=1S/C29H21N5OS/c1-19-12-14-20(15-13-19)24-18-32-29(36-24)34-28(35)26(27(33-34)22-10-6-3-7-11-22)25(23(16-30)17-31)21-8-4-2-5-9-21/h2-15,18,23,25,33H,1H3/t25-/m0/s1. The van der Waals surface area contributed by atoms with Gasteiger partial charge in [-0.2, -0.15) is 15.2 Å². The summed E-state index contributed by atoms with van der Waals surface area (Å²) >= 11 is 1.39. The van der Waals surface area contributed by atoms with Crippen molar-refractivity contribution in [1.29, 1.82) is 10.5 Å². The number of nitriles is 2. The summed E-state index contributed by atoms with van der Waals surface area (Å²) in [6.45, 7) is 2.03. The number of hydrogen-bond donors (Lipinski definition) is 1. The normalized spacial score (nSPS) is 11.7. The van der Waals surface area contributed by atoms with Crippen LogP contribution >= 0.6 is 11.3 Å². The van der Waals surface area contributed by atoms with Gasteiger partial charge in [-0.25, -0.2) is 4.98 Å². The summed E-state index contributed by atoms with van der Waals surface area (Å²) in [4.78, 5) is 19.4. The number of aryl methyl sites for hydroxylation is 1. The Labute approximate surface area is 212 Å². The lowest BCUT2D eigenvalue weighted by Gasteiger charge is -2.17. The number of rotatable bonds is 6. The van der Waals surface area contributed by atoms with Crippen LogP contribution < -0.4 is 5.56 Å². The zero-order valence-corrected chi connectivity index (χ0v) is 20.2. The fraction of sp³-hybridized carbons (Fsp3) is 0.103. The predicted octanol–water partition coefficient (Wildman–Crippen LogP) is 6.06. The van der Waals surface area contributed by atoms with Crippen LogP contribution in [0.25, 0.3) is 26.8 Å². The third kappa shape index (κ3) is 4.24. The molecule has 174 valence electrons. The van der Waals surface area contributed by atoms with Crippen LogP contribution in [0.15, 0.2) is 95.9 Å². The van der Waals surface area contributed by atoms with E-state index >= 15 is 0 Å². The third-order valence-electron chi connectivity index (χ3n) is 6.09. The Kier molecular flexibility index (Phi) is 6.32. The van der Waals surface area contributed by atoms with Gasteiger partial charge in [0.2, 0.25) is 5.13 Å². The minimum Gasteiger partial charge on any atom is -0.288 e. The van der Waals surface area contributed by atoms with Crippen molar-refractivity contribution >= 4 is 11.3 Å². The molecule has 0 saturated heterocycles. The van der Waals surface area contributed by atoms with Crippen molar-refractivity contribution in [1.82, 2.24) is 14.8 Å². The van der Waals surface area contributed by atoms with Crippen LogP contribution in [0.1, 0.15) is 22.6 Å². The molecule has 5 rings (SSSR count). The first-order chi connectivity index (χ1) is 17.6. The number of aromatic nitrogens is 3. The lowest BCUT2D eigenvalue weighted by Crippen LogP contribution is -2.23. The number of hydrogen-bond acceptors (Lipinski definition) is 5. The first-order valence-electron chi connectivity index (χ1n) is 11.4. The minimum atomic E-state index is -1.05. The summed E-state index contributed by atoms with van der Waals surface area (Å²) < 4.78 is 1.42. The number of H-pyrrole nitrogens is 1. The molecule has 0 aliphatic carbocycles. The number of aromatic amines is 1. The Balaban J connectivity index is 1.72. The molecular weight excluding hydrogens is 466 g/mol. The monoisotopic (exact) mass is 487 g/mol. The van der Waals surface area contributed by atoms with Crippen LogP contribution in [0.5, 0.6) is 0 Å². The summed E-state index contributed by atoms with van der Waals surface area (Å²) in [5.41, 5.74) is 4.30. The molecule has 6 nitrogen and oxygen atoms in total. The molecule has 0 fully saturated rings. The molecule has 2 heterocycles. The van der Waals surface area contributed by atoms with E-state index in [4.69, 9.17) is 0 Å². The van der Waals surface area contributed by atoms with Gasteiger partial charge in [0.15, 0.2) is 0 Å². The highest BCUT2D eigenvalue weighted by atomic mass is 32.1. The third-order valence-corrected chi connectivity index (χ3v) is 7.12. The van der Waals surface area contributed by atoms with Crippen molar-refractivity contribution in [2.45, 2.75) is 12.8 Å². The van der Waals surface area contributed by atoms with Gasteiger partial charge in [-0.15, -0.1) is 0 Å². The summed E-state index contributed by atoms with van der Waals surface area (Å²) in [7, 11) is 0. The molecule has 36 heavy (non-hydrogen) atoms. The molecule has 0 aliphatic rings. The van der Waals surface area contributed by atoms with Gasteiger partial charge in [-0.3, -0.25) is 9.89 Å². The lowest BCUT2D eigenvalue weighted by atomic mass is 9.81. The van der Waals surface area contributed by atoms with E-state index in [0.29, 0.717) is 16.4 Å². The Hall–Kier alpha value is -4.72. The van der Waals surface area contributed by atoms with Crippen molar-refractivity contribution < 1.29 is 0 Å². The predicted molar refractivity (Wildman–Crippen MR) is 141 cm³/mol. The van der Waals surface area contributed by atoms with E-state index in [1.54, 1.807) is 6.20 Å². The molecule has 0 aliphatic heterocycles. The lowest BCUT2D eigenvalue weighted by molar-refractivity contribution is 0.703. The fourth-order valence-corrected chi connectivity index (χ4v) is 5.16. The molecule has 2 aromatic heterocycles. The van der Waals surface area contributed by atoms with E-state index in [1.807, 2.05) is 91.9 Å². The van der Waals surface area contributed by atoms with E-state index < -0.39 is 11.8 Å². The first-order valence-corrected chi connectivity index (χ1v) is 12.2. The topological polar surface area (TPSA) is 98.3 Å². The fourth-order valence-electron chi connectivity index (χ4n) is 4.28. The van der Waals surface area contributed by atoms with Crippen molar-refractivity contribution in [3.05, 3.63) is 118 Å². The smallest absolute Gasteiger partial charge is 0.277 e. The molecule has 0 saturated carbocycles. The molecule has 5 aromatic rings. The van der Waals surface area contributed by atoms with Crippen molar-refractivity contribution in [2.24, 2.45) is 5.92 Å². The maximum absolute atomic E-state index is 14.0. The summed E-state index contributed by atoms with van der Waals surface area (Å²) in [5, 5.41) is 23.4. The highest BCUT2D eigenvalue weighted by Gasteiger charge is 2.33. The van der Waals surface area contributed by atoms with Gasteiger partial charge in [0, 0.05) is 12.1 Å². The van der Waals surface area contributed by atoms with Gasteiger partial charge in [0.1, 0.15) is 5.92 Å². The average Bonchev–Trinajstić information content (AvgIpc) is 3.53. The van der Waals surface area contributed by atoms with Gasteiger partial charge in [0.05, 0.1) is 28.3 Å². The Morgan fingerprint density at radius 3 is 2.17 bits per heavy atom. The number of thiazole rings is 1. The number of benzene rings is 3. The van der Waals surface area contributed by atoms with E-state index in [9.17, 15) is 15.3 Å². The molecule has 0 amide bonds. The van der Waals surface area contributed by atoms with Crippen LogP contribution in [0.4, 0.5) is 0 Å². The first kappa shape index (κ1) is 23.0. The van der Waals surface area contributed by atoms with Gasteiger partial charge in [-0.1, -0.05) is 102 Å². The maximum atomic E-state index is 14.0. The second kappa shape index (κ2) is 9.87. The van der Waals surface area contributed by atoms with Crippen LogP contribution in [-0.4, -0.2) is 14.8 Å². The quantitative estimate of drug-likeness (QED) is 0.315. The number of nitrogens with zero attached hydrogens (tertiary/aromatic N) is 4. The molecule has 1 atom stereocenters. The summed E-state index contributed by atoms with van der Waals surface area (Å²) in [6.07, 6.45) is 1.75. The molecule has 0 bridgehead atoms. The van der Waals surface area contributed by atoms with Crippen molar-refractivity contribution in [2.75, 3.05) is 0 Å². The van der Waals surface area contributed by atoms with E-state index in [-0.39, 0.29) is 5.56 Å². The van der Waals surface area contributed by atoms with Gasteiger partial charge >= 0.3 is 0 Å². The van der Waals surface area contributed by atoms with Crippen LogP contribution in [0, 0.1) is 35.5 Å². The Morgan fingerprint density at radius 1 is 0.889 bits per heavy atom.